The minimum absolute atomic E-state index is 0.192. The SMILES string of the molecule is CC(C)(C)OC[C@@H](O)CN1CCN(CCNC(=O)c2ccc(Cl)cc2Cl)CC1. The van der Waals surface area contributed by atoms with E-state index in [4.69, 9.17) is 27.9 Å². The number of ether oxygens (including phenoxy) is 1. The number of hydrogen-bond donors (Lipinski definition) is 2. The molecule has 0 saturated carbocycles. The minimum atomic E-state index is -0.478. The van der Waals surface area contributed by atoms with Crippen molar-refractivity contribution < 1.29 is 14.6 Å². The van der Waals surface area contributed by atoms with Gasteiger partial charge in [-0.25, -0.2) is 0 Å². The Morgan fingerprint density at radius 2 is 1.86 bits per heavy atom. The number of benzene rings is 1. The van der Waals surface area contributed by atoms with Gasteiger partial charge in [0.15, 0.2) is 0 Å². The number of carbonyl (C=O) groups is 1. The van der Waals surface area contributed by atoms with Crippen LogP contribution in [0.5, 0.6) is 0 Å². The molecule has 1 aliphatic heterocycles. The summed E-state index contributed by atoms with van der Waals surface area (Å²) in [5.41, 5.74) is 0.197. The maximum atomic E-state index is 12.2. The summed E-state index contributed by atoms with van der Waals surface area (Å²) < 4.78 is 5.64. The van der Waals surface area contributed by atoms with Crippen LogP contribution in [-0.4, -0.2) is 84.9 Å². The first-order chi connectivity index (χ1) is 13.1. The molecule has 0 unspecified atom stereocenters. The molecule has 1 aromatic carbocycles. The molecule has 1 heterocycles. The summed E-state index contributed by atoms with van der Waals surface area (Å²) in [4.78, 5) is 16.8. The van der Waals surface area contributed by atoms with Crippen molar-refractivity contribution in [3.05, 3.63) is 33.8 Å². The maximum absolute atomic E-state index is 12.2. The van der Waals surface area contributed by atoms with Gasteiger partial charge in [-0.1, -0.05) is 23.2 Å². The Labute approximate surface area is 177 Å². The molecule has 0 aliphatic carbocycles. The van der Waals surface area contributed by atoms with Crippen molar-refractivity contribution in [1.82, 2.24) is 15.1 Å². The first-order valence-corrected chi connectivity index (χ1v) is 10.4. The highest BCUT2D eigenvalue weighted by atomic mass is 35.5. The number of carbonyl (C=O) groups excluding carboxylic acids is 1. The second-order valence-corrected chi connectivity index (χ2v) is 8.94. The van der Waals surface area contributed by atoms with Crippen molar-refractivity contribution in [2.45, 2.75) is 32.5 Å². The molecule has 2 rings (SSSR count). The van der Waals surface area contributed by atoms with Gasteiger partial charge >= 0.3 is 0 Å². The molecule has 1 saturated heterocycles. The first kappa shape index (κ1) is 23.4. The van der Waals surface area contributed by atoms with E-state index in [1.807, 2.05) is 20.8 Å². The van der Waals surface area contributed by atoms with Gasteiger partial charge in [0.25, 0.3) is 5.91 Å². The average molecular weight is 432 g/mol. The fourth-order valence-electron chi connectivity index (χ4n) is 2.99. The molecular formula is C20H31Cl2N3O3. The van der Waals surface area contributed by atoms with Gasteiger partial charge in [-0.3, -0.25) is 14.6 Å². The van der Waals surface area contributed by atoms with Crippen molar-refractivity contribution in [2.75, 3.05) is 52.4 Å². The molecule has 6 nitrogen and oxygen atoms in total. The summed E-state index contributed by atoms with van der Waals surface area (Å²) >= 11 is 11.9. The van der Waals surface area contributed by atoms with Crippen LogP contribution in [0.3, 0.4) is 0 Å². The Kier molecular flexibility index (Phi) is 8.99. The molecule has 1 aromatic rings. The zero-order valence-electron chi connectivity index (χ0n) is 16.9. The Hall–Kier alpha value is -0.890. The number of piperazine rings is 1. The van der Waals surface area contributed by atoms with E-state index in [9.17, 15) is 9.90 Å². The van der Waals surface area contributed by atoms with Gasteiger partial charge in [0.05, 0.1) is 28.9 Å². The predicted octanol–water partition coefficient (Wildman–Crippen LogP) is 2.52. The molecule has 28 heavy (non-hydrogen) atoms. The Morgan fingerprint density at radius 1 is 1.21 bits per heavy atom. The molecule has 0 aromatic heterocycles. The lowest BCUT2D eigenvalue weighted by Gasteiger charge is -2.35. The number of halogens is 2. The number of aliphatic hydroxyl groups excluding tert-OH is 1. The van der Waals surface area contributed by atoms with Gasteiger partial charge in [0.2, 0.25) is 0 Å². The van der Waals surface area contributed by atoms with Crippen molar-refractivity contribution in [3.8, 4) is 0 Å². The van der Waals surface area contributed by atoms with Gasteiger partial charge in [-0.2, -0.15) is 0 Å². The fraction of sp³-hybridized carbons (Fsp3) is 0.650. The van der Waals surface area contributed by atoms with Gasteiger partial charge in [-0.05, 0) is 39.0 Å². The number of rotatable bonds is 8. The molecule has 158 valence electrons. The Morgan fingerprint density at radius 3 is 2.46 bits per heavy atom. The van der Waals surface area contributed by atoms with Crippen LogP contribution < -0.4 is 5.32 Å². The van der Waals surface area contributed by atoms with Gasteiger partial charge in [0.1, 0.15) is 0 Å². The Balaban J connectivity index is 1.64. The van der Waals surface area contributed by atoms with Crippen molar-refractivity contribution in [3.63, 3.8) is 0 Å². The molecule has 1 atom stereocenters. The lowest BCUT2D eigenvalue weighted by Crippen LogP contribution is -2.50. The monoisotopic (exact) mass is 431 g/mol. The van der Waals surface area contributed by atoms with E-state index in [0.29, 0.717) is 35.3 Å². The molecule has 0 spiro atoms. The molecule has 0 bridgehead atoms. The van der Waals surface area contributed by atoms with Crippen LogP contribution in [0.4, 0.5) is 0 Å². The first-order valence-electron chi connectivity index (χ1n) is 9.64. The van der Waals surface area contributed by atoms with Crippen molar-refractivity contribution in [2.24, 2.45) is 0 Å². The molecule has 0 radical (unpaired) electrons. The van der Waals surface area contributed by atoms with E-state index >= 15 is 0 Å². The van der Waals surface area contributed by atoms with Crippen LogP contribution in [0.1, 0.15) is 31.1 Å². The molecule has 1 amide bonds. The number of amides is 1. The number of nitrogens with zero attached hydrogens (tertiary/aromatic N) is 2. The van der Waals surface area contributed by atoms with Gasteiger partial charge < -0.3 is 15.2 Å². The zero-order valence-corrected chi connectivity index (χ0v) is 18.4. The third-order valence-corrected chi connectivity index (χ3v) is 5.08. The second kappa shape index (κ2) is 10.8. The highest BCUT2D eigenvalue weighted by molar-refractivity contribution is 6.36. The van der Waals surface area contributed by atoms with Crippen LogP contribution in [0, 0.1) is 0 Å². The normalized spacial score (nSPS) is 17.5. The molecule has 1 fully saturated rings. The lowest BCUT2D eigenvalue weighted by atomic mass is 10.2. The zero-order chi connectivity index (χ0) is 20.7. The second-order valence-electron chi connectivity index (χ2n) is 8.10. The van der Waals surface area contributed by atoms with E-state index in [-0.39, 0.29) is 11.5 Å². The maximum Gasteiger partial charge on any atom is 0.252 e. The fourth-order valence-corrected chi connectivity index (χ4v) is 3.48. The van der Waals surface area contributed by atoms with Crippen molar-refractivity contribution >= 4 is 29.1 Å². The number of β-amino-alcohol motifs (C(OH)–C–C–N with tert-alkyl or cyclic N) is 1. The third kappa shape index (κ3) is 8.23. The number of nitrogens with one attached hydrogen (secondary N) is 1. The Bertz CT molecular complexity index is 644. The summed E-state index contributed by atoms with van der Waals surface area (Å²) in [6.45, 7) is 11.9. The van der Waals surface area contributed by atoms with Crippen LogP contribution in [0.25, 0.3) is 0 Å². The van der Waals surface area contributed by atoms with Crippen LogP contribution in [0.2, 0.25) is 10.0 Å². The largest absolute Gasteiger partial charge is 0.389 e. The van der Waals surface area contributed by atoms with E-state index in [1.165, 1.54) is 0 Å². The van der Waals surface area contributed by atoms with Crippen LogP contribution >= 0.6 is 23.2 Å². The molecule has 2 N–H and O–H groups in total. The molecule has 8 heteroatoms. The predicted molar refractivity (Wildman–Crippen MR) is 113 cm³/mol. The number of hydrogen-bond acceptors (Lipinski definition) is 5. The standard InChI is InChI=1S/C20H31Cl2N3O3/c1-20(2,3)28-14-16(26)13-25-10-8-24(9-11-25)7-6-23-19(27)17-5-4-15(21)12-18(17)22/h4-5,12,16,26H,6-11,13-14H2,1-3H3,(H,23,27)/t16-/m0/s1. The van der Waals surface area contributed by atoms with E-state index < -0.39 is 6.10 Å². The summed E-state index contributed by atoms with van der Waals surface area (Å²) in [6, 6.07) is 4.86. The minimum Gasteiger partial charge on any atom is -0.389 e. The summed E-state index contributed by atoms with van der Waals surface area (Å²) in [5.74, 6) is -0.192. The van der Waals surface area contributed by atoms with Crippen LogP contribution in [0.15, 0.2) is 18.2 Å². The van der Waals surface area contributed by atoms with Crippen LogP contribution in [-0.2, 0) is 4.74 Å². The molecule has 1 aliphatic rings. The third-order valence-electron chi connectivity index (χ3n) is 4.53. The number of aliphatic hydroxyl groups is 1. The van der Waals surface area contributed by atoms with Gasteiger partial charge in [-0.15, -0.1) is 0 Å². The summed E-state index contributed by atoms with van der Waals surface area (Å²) in [6.07, 6.45) is -0.478. The molecular weight excluding hydrogens is 401 g/mol. The van der Waals surface area contributed by atoms with E-state index in [0.717, 1.165) is 32.7 Å². The van der Waals surface area contributed by atoms with E-state index in [1.54, 1.807) is 18.2 Å². The summed E-state index contributed by atoms with van der Waals surface area (Å²) in [7, 11) is 0. The van der Waals surface area contributed by atoms with Gasteiger partial charge in [0, 0.05) is 50.8 Å². The topological polar surface area (TPSA) is 65.0 Å². The smallest absolute Gasteiger partial charge is 0.252 e. The van der Waals surface area contributed by atoms with E-state index in [2.05, 4.69) is 15.1 Å². The average Bonchev–Trinajstić information content (AvgIpc) is 2.61. The lowest BCUT2D eigenvalue weighted by molar-refractivity contribution is -0.0585. The highest BCUT2D eigenvalue weighted by Crippen LogP contribution is 2.20. The highest BCUT2D eigenvalue weighted by Gasteiger charge is 2.21. The summed E-state index contributed by atoms with van der Waals surface area (Å²) in [5, 5.41) is 13.9. The quantitative estimate of drug-likeness (QED) is 0.661. The van der Waals surface area contributed by atoms with Crippen molar-refractivity contribution in [1.29, 1.82) is 0 Å².